The summed E-state index contributed by atoms with van der Waals surface area (Å²) in [6, 6.07) is 5.31. The Labute approximate surface area is 111 Å². The summed E-state index contributed by atoms with van der Waals surface area (Å²) in [7, 11) is 0. The highest BCUT2D eigenvalue weighted by Gasteiger charge is 2.30. The third-order valence-corrected chi connectivity index (χ3v) is 2.62. The van der Waals surface area contributed by atoms with E-state index in [4.69, 9.17) is 10.8 Å². The first-order chi connectivity index (χ1) is 9.29. The number of aromatic carboxylic acids is 1. The second kappa shape index (κ2) is 4.84. The Morgan fingerprint density at radius 2 is 1.80 bits per heavy atom. The van der Waals surface area contributed by atoms with Crippen LogP contribution < -0.4 is 5.73 Å². The molecule has 0 amide bonds. The maximum Gasteiger partial charge on any atom is 0.416 e. The van der Waals surface area contributed by atoms with Crippen molar-refractivity contribution in [2.75, 3.05) is 5.73 Å². The zero-order chi connectivity index (χ0) is 14.9. The highest BCUT2D eigenvalue weighted by Crippen LogP contribution is 2.31. The van der Waals surface area contributed by atoms with Gasteiger partial charge < -0.3 is 10.8 Å². The van der Waals surface area contributed by atoms with Gasteiger partial charge in [0.2, 0.25) is 0 Å². The van der Waals surface area contributed by atoms with Crippen LogP contribution in [-0.4, -0.2) is 16.1 Å². The van der Waals surface area contributed by atoms with E-state index in [1.807, 2.05) is 0 Å². The summed E-state index contributed by atoms with van der Waals surface area (Å²) in [5, 5.41) is 9.06. The Bertz CT molecular complexity index is 652. The summed E-state index contributed by atoms with van der Waals surface area (Å²) >= 11 is 0. The maximum atomic E-state index is 12.5. The first-order valence-corrected chi connectivity index (χ1v) is 5.45. The van der Waals surface area contributed by atoms with Crippen molar-refractivity contribution in [3.05, 3.63) is 47.7 Å². The van der Waals surface area contributed by atoms with Crippen molar-refractivity contribution in [2.45, 2.75) is 6.18 Å². The van der Waals surface area contributed by atoms with Crippen LogP contribution in [0.3, 0.4) is 0 Å². The van der Waals surface area contributed by atoms with Crippen molar-refractivity contribution in [3.8, 4) is 11.3 Å². The number of nitrogen functional groups attached to an aromatic ring is 1. The molecular weight excluding hydrogens is 273 g/mol. The van der Waals surface area contributed by atoms with E-state index in [9.17, 15) is 18.0 Å². The van der Waals surface area contributed by atoms with Gasteiger partial charge in [0.05, 0.1) is 28.7 Å². The normalized spacial score (nSPS) is 11.3. The van der Waals surface area contributed by atoms with E-state index >= 15 is 0 Å². The summed E-state index contributed by atoms with van der Waals surface area (Å²) in [5.41, 5.74) is 4.98. The Morgan fingerprint density at radius 1 is 1.20 bits per heavy atom. The van der Waals surface area contributed by atoms with Gasteiger partial charge in [0, 0.05) is 5.56 Å². The van der Waals surface area contributed by atoms with E-state index in [2.05, 4.69) is 4.98 Å². The Hall–Kier alpha value is -2.57. The molecule has 0 radical (unpaired) electrons. The van der Waals surface area contributed by atoms with Gasteiger partial charge in [-0.3, -0.25) is 4.98 Å². The molecule has 0 aliphatic carbocycles. The van der Waals surface area contributed by atoms with Gasteiger partial charge in [-0.2, -0.15) is 13.2 Å². The average molecular weight is 282 g/mol. The fourth-order valence-electron chi connectivity index (χ4n) is 1.69. The summed E-state index contributed by atoms with van der Waals surface area (Å²) in [6.07, 6.45) is -3.19. The van der Waals surface area contributed by atoms with Crippen molar-refractivity contribution in [1.82, 2.24) is 4.98 Å². The number of aromatic nitrogens is 1. The predicted octanol–water partition coefficient (Wildman–Crippen LogP) is 3.05. The molecule has 0 saturated carbocycles. The number of halogens is 3. The van der Waals surface area contributed by atoms with E-state index in [1.54, 1.807) is 0 Å². The monoisotopic (exact) mass is 282 g/mol. The topological polar surface area (TPSA) is 76.2 Å². The minimum atomic E-state index is -4.44. The Kier molecular flexibility index (Phi) is 3.35. The molecule has 1 aromatic carbocycles. The van der Waals surface area contributed by atoms with Crippen LogP contribution in [0.1, 0.15) is 15.9 Å². The molecule has 0 aliphatic heterocycles. The van der Waals surface area contributed by atoms with Crippen LogP contribution in [0.4, 0.5) is 18.9 Å². The van der Waals surface area contributed by atoms with E-state index in [0.29, 0.717) is 0 Å². The van der Waals surface area contributed by atoms with Gasteiger partial charge in [0.25, 0.3) is 0 Å². The molecule has 0 atom stereocenters. The number of carbonyl (C=O) groups is 1. The van der Waals surface area contributed by atoms with Crippen molar-refractivity contribution in [1.29, 1.82) is 0 Å². The fraction of sp³-hybridized carbons (Fsp3) is 0.0769. The highest BCUT2D eigenvalue weighted by molar-refractivity contribution is 5.95. The van der Waals surface area contributed by atoms with Crippen LogP contribution in [-0.2, 0) is 6.18 Å². The third kappa shape index (κ3) is 2.71. The van der Waals surface area contributed by atoms with Crippen LogP contribution in [0.25, 0.3) is 11.3 Å². The summed E-state index contributed by atoms with van der Waals surface area (Å²) < 4.78 is 37.4. The van der Waals surface area contributed by atoms with Gasteiger partial charge in [-0.1, -0.05) is 12.1 Å². The van der Waals surface area contributed by atoms with Gasteiger partial charge >= 0.3 is 12.1 Å². The number of pyridine rings is 1. The first-order valence-electron chi connectivity index (χ1n) is 5.45. The minimum absolute atomic E-state index is 0.0698. The van der Waals surface area contributed by atoms with E-state index in [-0.39, 0.29) is 22.5 Å². The van der Waals surface area contributed by atoms with Crippen LogP contribution >= 0.6 is 0 Å². The number of carboxylic acids is 1. The number of nitrogens with zero attached hydrogens (tertiary/aromatic N) is 1. The number of anilines is 1. The lowest BCUT2D eigenvalue weighted by atomic mass is 10.0. The molecule has 4 nitrogen and oxygen atoms in total. The van der Waals surface area contributed by atoms with Gasteiger partial charge in [0.15, 0.2) is 0 Å². The number of benzene rings is 1. The van der Waals surface area contributed by atoms with E-state index < -0.39 is 17.7 Å². The van der Waals surface area contributed by atoms with Crippen LogP contribution in [0.5, 0.6) is 0 Å². The zero-order valence-corrected chi connectivity index (χ0v) is 9.98. The number of hydrogen-bond donors (Lipinski definition) is 2. The van der Waals surface area contributed by atoms with E-state index in [0.717, 1.165) is 12.1 Å². The van der Waals surface area contributed by atoms with Crippen molar-refractivity contribution < 1.29 is 23.1 Å². The summed E-state index contributed by atoms with van der Waals surface area (Å²) in [4.78, 5) is 15.0. The lowest BCUT2D eigenvalue weighted by Crippen LogP contribution is -2.05. The second-order valence-electron chi connectivity index (χ2n) is 4.05. The lowest BCUT2D eigenvalue weighted by molar-refractivity contribution is -0.137. The summed E-state index contributed by atoms with van der Waals surface area (Å²) in [5.74, 6) is -1.25. The van der Waals surface area contributed by atoms with Gasteiger partial charge in [-0.25, -0.2) is 4.79 Å². The minimum Gasteiger partial charge on any atom is -0.478 e. The lowest BCUT2D eigenvalue weighted by Gasteiger charge is -2.09. The molecular formula is C13H9F3N2O2. The fourth-order valence-corrected chi connectivity index (χ4v) is 1.69. The van der Waals surface area contributed by atoms with Gasteiger partial charge in [-0.05, 0) is 18.2 Å². The molecule has 0 spiro atoms. The number of rotatable bonds is 2. The zero-order valence-electron chi connectivity index (χ0n) is 9.98. The molecule has 0 saturated heterocycles. The largest absolute Gasteiger partial charge is 0.478 e. The quantitative estimate of drug-likeness (QED) is 0.887. The summed E-state index contributed by atoms with van der Waals surface area (Å²) in [6.45, 7) is 0. The number of nitrogens with two attached hydrogens (primary N) is 1. The standard InChI is InChI=1S/C13H9F3N2O2/c14-13(15,16)8-3-1-7(2-4-8)11-10(12(19)20)5-9(17)6-18-11/h1-6H,17H2,(H,19,20). The first kappa shape index (κ1) is 13.9. The molecule has 0 fully saturated rings. The van der Waals surface area contributed by atoms with E-state index in [1.165, 1.54) is 24.4 Å². The van der Waals surface area contributed by atoms with Crippen LogP contribution in [0, 0.1) is 0 Å². The molecule has 20 heavy (non-hydrogen) atoms. The Balaban J connectivity index is 2.50. The number of alkyl halides is 3. The molecule has 2 aromatic rings. The number of hydrogen-bond acceptors (Lipinski definition) is 3. The average Bonchev–Trinajstić information content (AvgIpc) is 2.37. The van der Waals surface area contributed by atoms with Gasteiger partial charge in [-0.15, -0.1) is 0 Å². The molecule has 7 heteroatoms. The molecule has 1 aromatic heterocycles. The molecule has 104 valence electrons. The molecule has 1 heterocycles. The predicted molar refractivity (Wildman–Crippen MR) is 66.0 cm³/mol. The van der Waals surface area contributed by atoms with Crippen molar-refractivity contribution >= 4 is 11.7 Å². The van der Waals surface area contributed by atoms with Crippen LogP contribution in [0.2, 0.25) is 0 Å². The van der Waals surface area contributed by atoms with Gasteiger partial charge in [0.1, 0.15) is 0 Å². The second-order valence-corrected chi connectivity index (χ2v) is 4.05. The Morgan fingerprint density at radius 3 is 2.30 bits per heavy atom. The van der Waals surface area contributed by atoms with Crippen molar-refractivity contribution in [2.24, 2.45) is 0 Å². The maximum absolute atomic E-state index is 12.5. The van der Waals surface area contributed by atoms with Crippen molar-refractivity contribution in [3.63, 3.8) is 0 Å². The smallest absolute Gasteiger partial charge is 0.416 e. The third-order valence-electron chi connectivity index (χ3n) is 2.62. The molecule has 3 N–H and O–H groups in total. The number of carboxylic acid groups (broad SMARTS) is 1. The molecule has 2 rings (SSSR count). The molecule has 0 bridgehead atoms. The van der Waals surface area contributed by atoms with Crippen LogP contribution in [0.15, 0.2) is 36.5 Å². The highest BCUT2D eigenvalue weighted by atomic mass is 19.4. The SMILES string of the molecule is Nc1cnc(-c2ccc(C(F)(F)F)cc2)c(C(=O)O)c1. The molecule has 0 aliphatic rings. The molecule has 0 unspecified atom stereocenters.